The number of benzene rings is 3. The Bertz CT molecular complexity index is 1690. The van der Waals surface area contributed by atoms with E-state index >= 15 is 0 Å². The standard InChI is InChI=1S/C32H32N4O5.CH4/c1-5-8-28-27(30(37)36(31(33-28)39-4)23-15-17-24(18-16-23)40-20(2)3)19-21-11-13-22(14-12-21)25-9-6-7-10-26(25)29-34-32(38)41-35-29;/h6-7,9-18,20H,5,8,19H2,1-4H3,(H,34,35,38);1H4/p-1. The summed E-state index contributed by atoms with van der Waals surface area (Å²) in [5.41, 5.74) is 5.27. The van der Waals surface area contributed by atoms with Gasteiger partial charge in [0.05, 0.1) is 24.6 Å². The molecule has 0 aliphatic carbocycles. The van der Waals surface area contributed by atoms with Crippen molar-refractivity contribution in [3.63, 3.8) is 0 Å². The molecule has 2 aromatic heterocycles. The highest BCUT2D eigenvalue weighted by Crippen LogP contribution is 2.31. The first-order valence-corrected chi connectivity index (χ1v) is 13.5. The third kappa shape index (κ3) is 6.35. The predicted molar refractivity (Wildman–Crippen MR) is 160 cm³/mol. The van der Waals surface area contributed by atoms with E-state index in [1.54, 1.807) is 0 Å². The Hall–Kier alpha value is -4.92. The molecule has 0 N–H and O–H groups in total. The van der Waals surface area contributed by atoms with Gasteiger partial charge in [0.15, 0.2) is 11.9 Å². The summed E-state index contributed by atoms with van der Waals surface area (Å²) in [6.07, 6.45) is 1.22. The molecule has 0 radical (unpaired) electrons. The molecule has 42 heavy (non-hydrogen) atoms. The van der Waals surface area contributed by atoms with Gasteiger partial charge in [-0.1, -0.05) is 69.3 Å². The summed E-state index contributed by atoms with van der Waals surface area (Å²) < 4.78 is 17.5. The topological polar surface area (TPSA) is 115 Å². The molecule has 9 heteroatoms. The maximum absolute atomic E-state index is 14.0. The van der Waals surface area contributed by atoms with Crippen LogP contribution in [0.25, 0.3) is 28.2 Å². The van der Waals surface area contributed by atoms with E-state index < -0.39 is 6.08 Å². The van der Waals surface area contributed by atoms with Crippen LogP contribution in [0.15, 0.2) is 82.1 Å². The molecular weight excluding hydrogens is 532 g/mol. The third-order valence-corrected chi connectivity index (χ3v) is 6.59. The number of nitrogens with zero attached hydrogens (tertiary/aromatic N) is 4. The lowest BCUT2D eigenvalue weighted by atomic mass is 9.96. The fourth-order valence-electron chi connectivity index (χ4n) is 4.77. The minimum absolute atomic E-state index is 0. The first kappa shape index (κ1) is 30.0. The SMILES string of the molecule is C.CCCc1nc(OC)n(-c2ccc(OC(C)C)cc2)c(=O)c1Cc1ccc(-c2ccccc2-c2noc([O-])n2)cc1. The molecule has 0 atom stereocenters. The quantitative estimate of drug-likeness (QED) is 0.202. The summed E-state index contributed by atoms with van der Waals surface area (Å²) in [7, 11) is 1.52. The molecule has 0 bridgehead atoms. The number of hydrogen-bond donors (Lipinski definition) is 0. The van der Waals surface area contributed by atoms with Gasteiger partial charge in [0, 0.05) is 17.5 Å². The maximum atomic E-state index is 14.0. The van der Waals surface area contributed by atoms with Crippen molar-refractivity contribution in [1.82, 2.24) is 19.7 Å². The molecule has 0 saturated heterocycles. The van der Waals surface area contributed by atoms with Crippen LogP contribution in [0.2, 0.25) is 0 Å². The largest absolute Gasteiger partial charge is 0.528 e. The Balaban J connectivity index is 0.00000405. The molecule has 0 amide bonds. The first-order valence-electron chi connectivity index (χ1n) is 13.5. The van der Waals surface area contributed by atoms with Gasteiger partial charge in [0.25, 0.3) is 5.56 Å². The monoisotopic (exact) mass is 567 g/mol. The molecule has 5 aromatic rings. The van der Waals surface area contributed by atoms with Gasteiger partial charge in [-0.05, 0) is 61.2 Å². The number of aryl methyl sites for hydroxylation is 1. The van der Waals surface area contributed by atoms with Crippen molar-refractivity contribution in [3.05, 3.63) is 100.0 Å². The van der Waals surface area contributed by atoms with Gasteiger partial charge in [0.1, 0.15) is 5.75 Å². The highest BCUT2D eigenvalue weighted by atomic mass is 16.6. The summed E-state index contributed by atoms with van der Waals surface area (Å²) >= 11 is 0. The van der Waals surface area contributed by atoms with Crippen LogP contribution in [-0.2, 0) is 12.8 Å². The number of methoxy groups -OCH3 is 1. The van der Waals surface area contributed by atoms with E-state index in [2.05, 4.69) is 21.6 Å². The Morgan fingerprint density at radius 3 is 2.24 bits per heavy atom. The van der Waals surface area contributed by atoms with Gasteiger partial charge in [0.2, 0.25) is 0 Å². The molecular formula is C33H35N4O5-. The summed E-state index contributed by atoms with van der Waals surface area (Å²) in [6, 6.07) is 23.1. The Morgan fingerprint density at radius 1 is 0.952 bits per heavy atom. The molecule has 218 valence electrons. The van der Waals surface area contributed by atoms with Crippen LogP contribution in [0.3, 0.4) is 0 Å². The fourth-order valence-corrected chi connectivity index (χ4v) is 4.77. The van der Waals surface area contributed by atoms with Crippen molar-refractivity contribution < 1.29 is 19.1 Å². The van der Waals surface area contributed by atoms with E-state index in [4.69, 9.17) is 14.5 Å². The van der Waals surface area contributed by atoms with Gasteiger partial charge in [-0.15, -0.1) is 0 Å². The summed E-state index contributed by atoms with van der Waals surface area (Å²) in [6.45, 7) is 5.99. The van der Waals surface area contributed by atoms with Crippen LogP contribution in [0.1, 0.15) is 51.4 Å². The fraction of sp³-hybridized carbons (Fsp3) is 0.273. The van der Waals surface area contributed by atoms with Crippen molar-refractivity contribution in [3.8, 4) is 46.0 Å². The van der Waals surface area contributed by atoms with E-state index in [1.807, 2.05) is 86.6 Å². The second kappa shape index (κ2) is 13.2. The van der Waals surface area contributed by atoms with Crippen LogP contribution in [0.5, 0.6) is 17.8 Å². The lowest BCUT2D eigenvalue weighted by Gasteiger charge is -2.17. The van der Waals surface area contributed by atoms with Gasteiger partial charge in [-0.2, -0.15) is 5.16 Å². The molecule has 0 spiro atoms. The smallest absolute Gasteiger partial charge is 0.303 e. The average Bonchev–Trinajstić information content (AvgIpc) is 3.41. The Kier molecular flexibility index (Phi) is 9.42. The van der Waals surface area contributed by atoms with Gasteiger partial charge in [-0.25, -0.2) is 14.5 Å². The normalized spacial score (nSPS) is 10.9. The van der Waals surface area contributed by atoms with E-state index in [1.165, 1.54) is 11.7 Å². The van der Waals surface area contributed by atoms with Crippen LogP contribution in [0.4, 0.5) is 0 Å². The minimum atomic E-state index is -0.730. The molecule has 2 heterocycles. The zero-order valence-corrected chi connectivity index (χ0v) is 23.5. The van der Waals surface area contributed by atoms with E-state index in [0.29, 0.717) is 29.7 Å². The van der Waals surface area contributed by atoms with E-state index in [-0.39, 0.29) is 30.9 Å². The van der Waals surface area contributed by atoms with E-state index in [9.17, 15) is 9.90 Å². The summed E-state index contributed by atoms with van der Waals surface area (Å²) in [4.78, 5) is 22.6. The molecule has 0 aliphatic heterocycles. The average molecular weight is 568 g/mol. The maximum Gasteiger partial charge on any atom is 0.303 e. The minimum Gasteiger partial charge on any atom is -0.528 e. The van der Waals surface area contributed by atoms with Gasteiger partial charge in [-0.3, -0.25) is 4.79 Å². The van der Waals surface area contributed by atoms with Crippen molar-refractivity contribution in [1.29, 1.82) is 0 Å². The predicted octanol–water partition coefficient (Wildman–Crippen LogP) is 6.00. The molecule has 9 nitrogen and oxygen atoms in total. The van der Waals surface area contributed by atoms with Crippen molar-refractivity contribution in [2.24, 2.45) is 0 Å². The van der Waals surface area contributed by atoms with Crippen molar-refractivity contribution in [2.45, 2.75) is 53.6 Å². The van der Waals surface area contributed by atoms with Crippen LogP contribution in [-0.4, -0.2) is 32.9 Å². The molecule has 0 fully saturated rings. The number of hydrogen-bond acceptors (Lipinski definition) is 8. The van der Waals surface area contributed by atoms with Crippen LogP contribution >= 0.6 is 0 Å². The number of ether oxygens (including phenoxy) is 2. The number of aromatic nitrogens is 4. The highest BCUT2D eigenvalue weighted by Gasteiger charge is 2.19. The third-order valence-electron chi connectivity index (χ3n) is 6.59. The second-order valence-corrected chi connectivity index (χ2v) is 9.88. The Labute approximate surface area is 245 Å². The van der Waals surface area contributed by atoms with Crippen molar-refractivity contribution >= 4 is 0 Å². The number of rotatable bonds is 10. The lowest BCUT2D eigenvalue weighted by molar-refractivity contribution is -0.303. The molecule has 0 unspecified atom stereocenters. The second-order valence-electron chi connectivity index (χ2n) is 9.88. The first-order chi connectivity index (χ1) is 19.9. The van der Waals surface area contributed by atoms with Crippen molar-refractivity contribution in [2.75, 3.05) is 7.11 Å². The molecule has 0 saturated carbocycles. The highest BCUT2D eigenvalue weighted by molar-refractivity contribution is 5.80. The van der Waals surface area contributed by atoms with Gasteiger partial charge < -0.3 is 19.1 Å². The molecule has 0 aliphatic rings. The lowest BCUT2D eigenvalue weighted by Crippen LogP contribution is -2.27. The van der Waals surface area contributed by atoms with Gasteiger partial charge >= 0.3 is 6.01 Å². The van der Waals surface area contributed by atoms with Crippen LogP contribution in [0, 0.1) is 0 Å². The summed E-state index contributed by atoms with van der Waals surface area (Å²) in [5.74, 6) is 0.966. The molecule has 3 aromatic carbocycles. The Morgan fingerprint density at radius 2 is 1.64 bits per heavy atom. The zero-order chi connectivity index (χ0) is 28.9. The summed E-state index contributed by atoms with van der Waals surface area (Å²) in [5, 5.41) is 15.2. The van der Waals surface area contributed by atoms with E-state index in [0.717, 1.165) is 34.6 Å². The zero-order valence-electron chi connectivity index (χ0n) is 23.5. The van der Waals surface area contributed by atoms with Crippen LogP contribution < -0.4 is 20.1 Å². The molecule has 5 rings (SSSR count).